The van der Waals surface area contributed by atoms with Crippen LogP contribution in [0.15, 0.2) is 72.2 Å². The summed E-state index contributed by atoms with van der Waals surface area (Å²) in [4.78, 5) is 22.7. The molecule has 0 radical (unpaired) electrons. The van der Waals surface area contributed by atoms with Crippen LogP contribution in [0.4, 0.5) is 5.69 Å². The van der Waals surface area contributed by atoms with Gasteiger partial charge < -0.3 is 19.2 Å². The maximum Gasteiger partial charge on any atom is 0.335 e. The Balaban J connectivity index is 1.17. The van der Waals surface area contributed by atoms with Crippen molar-refractivity contribution in [1.29, 1.82) is 0 Å². The van der Waals surface area contributed by atoms with Crippen LogP contribution in [-0.2, 0) is 26.1 Å². The van der Waals surface area contributed by atoms with Crippen molar-refractivity contribution in [1.82, 2.24) is 9.97 Å². The largest absolute Gasteiger partial charge is 0.490 e. The molecule has 1 spiro atoms. The molecule has 1 unspecified atom stereocenters. The number of rotatable bonds is 11. The van der Waals surface area contributed by atoms with E-state index in [0.717, 1.165) is 68.0 Å². The third-order valence-corrected chi connectivity index (χ3v) is 19.5. The summed E-state index contributed by atoms with van der Waals surface area (Å²) in [5.74, 6) is 0.536. The van der Waals surface area contributed by atoms with E-state index in [1.54, 1.807) is 18.2 Å². The number of anilines is 1. The van der Waals surface area contributed by atoms with Gasteiger partial charge in [-0.1, -0.05) is 50.6 Å². The Morgan fingerprint density at radius 2 is 1.87 bits per heavy atom. The number of ether oxygens (including phenoxy) is 1. The zero-order chi connectivity index (χ0) is 38.5. The molecule has 0 saturated heterocycles. The summed E-state index contributed by atoms with van der Waals surface area (Å²) in [6.07, 6.45) is 14.2. The van der Waals surface area contributed by atoms with Crippen molar-refractivity contribution >= 4 is 41.4 Å². The highest BCUT2D eigenvalue weighted by Crippen LogP contribution is 2.49. The molecule has 0 bridgehead atoms. The SMILES string of the molecule is CC(C)(C)[Si](C)(C)O[C@@H](/C=C\[C@@H]1CC[C@H]1CS(=O)(=O)c1ncccn1)[C@@H]1CC[C@H]1CN1CC2(CCCc3cc(Cl)ccc32)COc2ccc(C(=O)O)cc21. The summed E-state index contributed by atoms with van der Waals surface area (Å²) in [6, 6.07) is 13.1. The monoisotopic (exact) mass is 791 g/mol. The number of hydrogen-bond acceptors (Lipinski definition) is 8. The van der Waals surface area contributed by atoms with E-state index in [0.29, 0.717) is 19.1 Å². The average Bonchev–Trinajstić information content (AvgIpc) is 3.25. The van der Waals surface area contributed by atoms with Crippen molar-refractivity contribution in [2.75, 3.05) is 30.3 Å². The molecule has 6 atom stereocenters. The number of aromatic carboxylic acids is 1. The van der Waals surface area contributed by atoms with E-state index < -0.39 is 24.1 Å². The van der Waals surface area contributed by atoms with Crippen molar-refractivity contribution in [2.24, 2.45) is 23.7 Å². The van der Waals surface area contributed by atoms with Crippen LogP contribution in [0.3, 0.4) is 0 Å². The van der Waals surface area contributed by atoms with Crippen LogP contribution in [0.5, 0.6) is 5.75 Å². The average molecular weight is 793 g/mol. The highest BCUT2D eigenvalue weighted by molar-refractivity contribution is 7.91. The first-order valence-electron chi connectivity index (χ1n) is 19.5. The number of aryl methyl sites for hydroxylation is 1. The Hall–Kier alpha value is -3.25. The number of allylic oxidation sites excluding steroid dienone is 1. The fourth-order valence-electron chi connectivity index (χ4n) is 8.68. The van der Waals surface area contributed by atoms with E-state index in [2.05, 4.69) is 73.0 Å². The second-order valence-corrected chi connectivity index (χ2v) is 24.8. The van der Waals surface area contributed by atoms with Crippen molar-refractivity contribution in [3.63, 3.8) is 0 Å². The minimum Gasteiger partial charge on any atom is -0.490 e. The van der Waals surface area contributed by atoms with Crippen LogP contribution in [-0.4, -0.2) is 69.3 Å². The van der Waals surface area contributed by atoms with Gasteiger partial charge in [0.2, 0.25) is 15.0 Å². The molecule has 3 aliphatic carbocycles. The highest BCUT2D eigenvalue weighted by Gasteiger charge is 2.47. The Morgan fingerprint density at radius 3 is 2.54 bits per heavy atom. The quantitative estimate of drug-likeness (QED) is 0.116. The molecule has 1 N–H and O–H groups in total. The first kappa shape index (κ1) is 39.0. The lowest BCUT2D eigenvalue weighted by molar-refractivity contribution is 0.0519. The molecule has 2 fully saturated rings. The molecule has 2 heterocycles. The van der Waals surface area contributed by atoms with Gasteiger partial charge in [0.05, 0.1) is 29.7 Å². The molecule has 54 heavy (non-hydrogen) atoms. The van der Waals surface area contributed by atoms with Crippen LogP contribution in [0.25, 0.3) is 0 Å². The highest BCUT2D eigenvalue weighted by atomic mass is 35.5. The Morgan fingerprint density at radius 1 is 1.11 bits per heavy atom. The lowest BCUT2D eigenvalue weighted by Gasteiger charge is -2.48. The molecule has 4 aliphatic rings. The number of carboxylic acids is 1. The molecular weight excluding hydrogens is 738 g/mol. The van der Waals surface area contributed by atoms with E-state index in [9.17, 15) is 18.3 Å². The Labute approximate surface area is 326 Å². The molecule has 12 heteroatoms. The van der Waals surface area contributed by atoms with Crippen LogP contribution in [0, 0.1) is 23.7 Å². The number of carbonyl (C=O) groups is 1. The van der Waals surface area contributed by atoms with Crippen LogP contribution < -0.4 is 9.64 Å². The topological polar surface area (TPSA) is 119 Å². The van der Waals surface area contributed by atoms with Gasteiger partial charge in [-0.2, -0.15) is 0 Å². The zero-order valence-corrected chi connectivity index (χ0v) is 34.7. The predicted molar refractivity (Wildman–Crippen MR) is 215 cm³/mol. The van der Waals surface area contributed by atoms with Gasteiger partial charge in [0.1, 0.15) is 5.75 Å². The molecule has 7 rings (SSSR count). The second-order valence-electron chi connectivity index (χ2n) is 17.6. The van der Waals surface area contributed by atoms with Crippen LogP contribution in [0.1, 0.15) is 80.8 Å². The molecule has 9 nitrogen and oxygen atoms in total. The van der Waals surface area contributed by atoms with Gasteiger partial charge >= 0.3 is 5.97 Å². The van der Waals surface area contributed by atoms with Gasteiger partial charge in [-0.3, -0.25) is 0 Å². The van der Waals surface area contributed by atoms with Crippen LogP contribution >= 0.6 is 11.6 Å². The van der Waals surface area contributed by atoms with Crippen molar-refractivity contribution in [3.05, 3.63) is 88.7 Å². The normalized spacial score (nSPS) is 26.2. The Kier molecular flexibility index (Phi) is 10.8. The summed E-state index contributed by atoms with van der Waals surface area (Å²) in [7, 11) is -5.78. The molecule has 3 aromatic rings. The maximum atomic E-state index is 13.2. The van der Waals surface area contributed by atoms with E-state index in [1.165, 1.54) is 23.5 Å². The van der Waals surface area contributed by atoms with E-state index in [-0.39, 0.29) is 50.8 Å². The summed E-state index contributed by atoms with van der Waals surface area (Å²) in [5.41, 5.74) is 3.36. The fraction of sp³-hybridized carbons (Fsp3) is 0.548. The molecule has 290 valence electrons. The van der Waals surface area contributed by atoms with Gasteiger partial charge in [-0.25, -0.2) is 23.2 Å². The molecule has 0 amide bonds. The van der Waals surface area contributed by atoms with Gasteiger partial charge in [0.15, 0.2) is 8.32 Å². The third-order valence-electron chi connectivity index (χ3n) is 13.2. The van der Waals surface area contributed by atoms with Gasteiger partial charge in [0.25, 0.3) is 0 Å². The summed E-state index contributed by atoms with van der Waals surface area (Å²) in [5, 5.41) is 10.7. The number of fused-ring (bicyclic) bond motifs is 3. The smallest absolute Gasteiger partial charge is 0.335 e. The second kappa shape index (κ2) is 15.0. The summed E-state index contributed by atoms with van der Waals surface area (Å²) < 4.78 is 40.2. The number of carboxylic acid groups (broad SMARTS) is 1. The number of nitrogens with zero attached hydrogens (tertiary/aromatic N) is 3. The lowest BCUT2D eigenvalue weighted by atomic mass is 9.68. The fourth-order valence-corrected chi connectivity index (χ4v) is 11.7. The summed E-state index contributed by atoms with van der Waals surface area (Å²) in [6.45, 7) is 13.4. The van der Waals surface area contributed by atoms with Crippen molar-refractivity contribution < 1.29 is 27.5 Å². The van der Waals surface area contributed by atoms with Gasteiger partial charge in [0, 0.05) is 35.9 Å². The first-order valence-corrected chi connectivity index (χ1v) is 24.4. The third kappa shape index (κ3) is 7.88. The minimum absolute atomic E-state index is 0.0129. The summed E-state index contributed by atoms with van der Waals surface area (Å²) >= 11 is 6.48. The van der Waals surface area contributed by atoms with Crippen molar-refractivity contribution in [3.8, 4) is 5.75 Å². The van der Waals surface area contributed by atoms with E-state index in [4.69, 9.17) is 20.8 Å². The molecule has 2 saturated carbocycles. The maximum absolute atomic E-state index is 13.2. The van der Waals surface area contributed by atoms with Crippen LogP contribution in [0.2, 0.25) is 23.2 Å². The van der Waals surface area contributed by atoms with Gasteiger partial charge in [-0.05, 0) is 134 Å². The predicted octanol–water partition coefficient (Wildman–Crippen LogP) is 8.77. The zero-order valence-electron chi connectivity index (χ0n) is 32.1. The standard InChI is InChI=1S/C42H54ClN3O6SSi/c1-41(2,3)54(4,5)52-37(17-12-28-9-10-32(28)25-53(49,50)40-44-20-7-21-45-40)34-15-11-31(34)24-46-26-42(19-6-8-29-22-33(43)14-16-35(29)42)27-51-38-18-13-30(39(47)48)23-36(38)46/h7,12-14,16-18,20-23,28,31-32,34,37H,6,8-11,15,19,24-27H2,1-5H3,(H,47,48)/b17-12-/t28-,31-,32-,34+,37-,42?/m0/s1. The van der Waals surface area contributed by atoms with Crippen molar-refractivity contribution in [2.45, 2.75) is 101 Å². The Bertz CT molecular complexity index is 2000. The molecule has 1 aromatic heterocycles. The molecule has 1 aliphatic heterocycles. The molecule has 2 aromatic carbocycles. The van der Waals surface area contributed by atoms with Gasteiger partial charge in [-0.15, -0.1) is 0 Å². The molecular formula is C42H54ClN3O6SSi. The number of aromatic nitrogens is 2. The first-order chi connectivity index (χ1) is 25.6. The number of halogens is 1. The number of sulfone groups is 1. The number of hydrogen-bond donors (Lipinski definition) is 1. The minimum atomic E-state index is -3.58. The lowest BCUT2D eigenvalue weighted by Crippen LogP contribution is -2.52. The van der Waals surface area contributed by atoms with E-state index >= 15 is 0 Å². The number of benzene rings is 2. The van der Waals surface area contributed by atoms with E-state index in [1.807, 2.05) is 12.1 Å².